The van der Waals surface area contributed by atoms with E-state index in [1.807, 2.05) is 0 Å². The van der Waals surface area contributed by atoms with Gasteiger partial charge in [0.15, 0.2) is 5.54 Å². The summed E-state index contributed by atoms with van der Waals surface area (Å²) in [7, 11) is 3.80. The first-order valence-corrected chi connectivity index (χ1v) is 6.93. The van der Waals surface area contributed by atoms with Crippen molar-refractivity contribution in [2.75, 3.05) is 21.3 Å². The van der Waals surface area contributed by atoms with Gasteiger partial charge in [0.2, 0.25) is 0 Å². The normalized spacial score (nSPS) is 19.9. The summed E-state index contributed by atoms with van der Waals surface area (Å²) in [4.78, 5) is 36.6. The van der Waals surface area contributed by atoms with Crippen LogP contribution >= 0.6 is 0 Å². The van der Waals surface area contributed by atoms with Crippen LogP contribution in [0.3, 0.4) is 0 Å². The molecule has 0 saturated carbocycles. The molecule has 1 aromatic rings. The van der Waals surface area contributed by atoms with E-state index in [4.69, 9.17) is 9.47 Å². The van der Waals surface area contributed by atoms with Crippen LogP contribution in [0.1, 0.15) is 18.9 Å². The van der Waals surface area contributed by atoms with Crippen molar-refractivity contribution in [2.45, 2.75) is 18.9 Å². The zero-order chi connectivity index (χ0) is 17.2. The molecule has 0 spiro atoms. The van der Waals surface area contributed by atoms with Gasteiger partial charge in [-0.05, 0) is 24.1 Å². The van der Waals surface area contributed by atoms with Gasteiger partial charge in [-0.25, -0.2) is 9.59 Å². The molecule has 2 rings (SSSR count). The predicted molar refractivity (Wildman–Crippen MR) is 78.5 cm³/mol. The standard InChI is InChI=1S/C15H18N2O6/c1-5-15(10-7-6-8-11(9-10)21-2)12(18)16(13(19)22-3)17(15)14(20)23-4/h6-9H,5H2,1-4H3/t15-/m0/s1. The van der Waals surface area contributed by atoms with Crippen molar-refractivity contribution < 1.29 is 28.6 Å². The van der Waals surface area contributed by atoms with Gasteiger partial charge >= 0.3 is 12.2 Å². The number of hydrogen-bond donors (Lipinski definition) is 0. The predicted octanol–water partition coefficient (Wildman–Crippen LogP) is 1.89. The lowest BCUT2D eigenvalue weighted by molar-refractivity contribution is -0.201. The highest BCUT2D eigenvalue weighted by Gasteiger charge is 2.65. The first kappa shape index (κ1) is 16.6. The number of rotatable bonds is 3. The minimum atomic E-state index is -1.34. The molecular formula is C15H18N2O6. The molecule has 3 amide bonds. The van der Waals surface area contributed by atoms with Crippen LogP contribution in [0.25, 0.3) is 0 Å². The van der Waals surface area contributed by atoms with Crippen molar-refractivity contribution >= 4 is 18.1 Å². The van der Waals surface area contributed by atoms with Crippen LogP contribution in [0.5, 0.6) is 5.75 Å². The molecule has 1 heterocycles. The summed E-state index contributed by atoms with van der Waals surface area (Å²) in [5.41, 5.74) is -0.814. The van der Waals surface area contributed by atoms with Gasteiger partial charge in [0.05, 0.1) is 21.3 Å². The van der Waals surface area contributed by atoms with Gasteiger partial charge in [-0.2, -0.15) is 5.01 Å². The second-order valence-electron chi connectivity index (χ2n) is 4.81. The average molecular weight is 322 g/mol. The SMILES string of the molecule is CC[C@]1(c2cccc(OC)c2)C(=O)N(C(=O)OC)N1C(=O)OC. The zero-order valence-corrected chi connectivity index (χ0v) is 13.4. The molecule has 124 valence electrons. The van der Waals surface area contributed by atoms with E-state index in [0.717, 1.165) is 12.1 Å². The lowest BCUT2D eigenvalue weighted by Gasteiger charge is -2.54. The van der Waals surface area contributed by atoms with E-state index in [1.165, 1.54) is 14.2 Å². The van der Waals surface area contributed by atoms with E-state index in [9.17, 15) is 14.4 Å². The topological polar surface area (TPSA) is 85.4 Å². The Morgan fingerprint density at radius 3 is 2.30 bits per heavy atom. The summed E-state index contributed by atoms with van der Waals surface area (Å²) in [5, 5.41) is 1.60. The quantitative estimate of drug-likeness (QED) is 0.845. The summed E-state index contributed by atoms with van der Waals surface area (Å²) in [6.07, 6.45) is -1.53. The van der Waals surface area contributed by atoms with Gasteiger partial charge in [-0.3, -0.25) is 4.79 Å². The van der Waals surface area contributed by atoms with Crippen molar-refractivity contribution in [3.63, 3.8) is 0 Å². The first-order chi connectivity index (χ1) is 11.0. The van der Waals surface area contributed by atoms with Crippen molar-refractivity contribution in [1.29, 1.82) is 0 Å². The monoisotopic (exact) mass is 322 g/mol. The Balaban J connectivity index is 2.56. The third-order valence-corrected chi connectivity index (χ3v) is 3.86. The maximum Gasteiger partial charge on any atom is 0.436 e. The van der Waals surface area contributed by atoms with Crippen LogP contribution in [0.15, 0.2) is 24.3 Å². The molecule has 0 radical (unpaired) electrons. The minimum Gasteiger partial charge on any atom is -0.497 e. The molecule has 0 N–H and O–H groups in total. The third-order valence-electron chi connectivity index (χ3n) is 3.86. The Morgan fingerprint density at radius 1 is 1.13 bits per heavy atom. The third kappa shape index (κ3) is 2.26. The second-order valence-corrected chi connectivity index (χ2v) is 4.81. The molecule has 1 fully saturated rings. The summed E-state index contributed by atoms with van der Waals surface area (Å²) >= 11 is 0. The van der Waals surface area contributed by atoms with E-state index in [2.05, 4.69) is 4.74 Å². The Morgan fingerprint density at radius 2 is 1.78 bits per heavy atom. The van der Waals surface area contributed by atoms with Crippen LogP contribution in [-0.2, 0) is 19.8 Å². The van der Waals surface area contributed by atoms with Gasteiger partial charge in [-0.1, -0.05) is 19.1 Å². The van der Waals surface area contributed by atoms with Crippen molar-refractivity contribution in [1.82, 2.24) is 10.0 Å². The number of imide groups is 1. The van der Waals surface area contributed by atoms with E-state index in [1.54, 1.807) is 31.2 Å². The lowest BCUT2D eigenvalue weighted by atomic mass is 9.81. The number of hydrogen-bond acceptors (Lipinski definition) is 6. The molecule has 1 aliphatic heterocycles. The van der Waals surface area contributed by atoms with Gasteiger partial charge < -0.3 is 14.2 Å². The summed E-state index contributed by atoms with van der Waals surface area (Å²) < 4.78 is 14.4. The Kier molecular flexibility index (Phi) is 4.44. The highest BCUT2D eigenvalue weighted by molar-refractivity contribution is 6.06. The van der Waals surface area contributed by atoms with Crippen LogP contribution in [0, 0.1) is 0 Å². The molecule has 0 unspecified atom stereocenters. The fourth-order valence-corrected chi connectivity index (χ4v) is 2.69. The number of carbonyl (C=O) groups is 3. The molecule has 1 aliphatic rings. The van der Waals surface area contributed by atoms with Crippen LogP contribution in [0.4, 0.5) is 9.59 Å². The number of ether oxygens (including phenoxy) is 3. The van der Waals surface area contributed by atoms with Gasteiger partial charge in [0.1, 0.15) is 5.75 Å². The molecule has 0 aliphatic carbocycles. The van der Waals surface area contributed by atoms with Crippen LogP contribution < -0.4 is 4.74 Å². The van der Waals surface area contributed by atoms with Crippen molar-refractivity contribution in [3.05, 3.63) is 29.8 Å². The molecule has 1 aromatic carbocycles. The van der Waals surface area contributed by atoms with E-state index < -0.39 is 23.6 Å². The first-order valence-electron chi connectivity index (χ1n) is 6.93. The molecule has 8 heteroatoms. The Bertz CT molecular complexity index is 647. The fourth-order valence-electron chi connectivity index (χ4n) is 2.69. The number of amides is 3. The van der Waals surface area contributed by atoms with Gasteiger partial charge in [0.25, 0.3) is 5.91 Å². The molecule has 0 aromatic heterocycles. The maximum atomic E-state index is 12.7. The number of hydrazine groups is 1. The number of carbonyl (C=O) groups excluding carboxylic acids is 3. The van der Waals surface area contributed by atoms with Crippen molar-refractivity contribution in [2.24, 2.45) is 0 Å². The maximum absolute atomic E-state index is 12.7. The summed E-state index contributed by atoms with van der Waals surface area (Å²) in [5.74, 6) is -0.0324. The summed E-state index contributed by atoms with van der Waals surface area (Å²) in [6.45, 7) is 1.74. The molecular weight excluding hydrogens is 304 g/mol. The fraction of sp³-hybridized carbons (Fsp3) is 0.400. The molecule has 1 saturated heterocycles. The van der Waals surface area contributed by atoms with Gasteiger partial charge in [-0.15, -0.1) is 5.01 Å². The Hall–Kier alpha value is -2.77. The van der Waals surface area contributed by atoms with Crippen LogP contribution in [0.2, 0.25) is 0 Å². The molecule has 8 nitrogen and oxygen atoms in total. The number of methoxy groups -OCH3 is 3. The smallest absolute Gasteiger partial charge is 0.436 e. The average Bonchev–Trinajstić information content (AvgIpc) is 2.59. The van der Waals surface area contributed by atoms with Gasteiger partial charge in [0, 0.05) is 0 Å². The second kappa shape index (κ2) is 6.15. The van der Waals surface area contributed by atoms with E-state index in [0.29, 0.717) is 16.3 Å². The van der Waals surface area contributed by atoms with Crippen molar-refractivity contribution in [3.8, 4) is 5.75 Å². The Labute approximate surface area is 133 Å². The zero-order valence-electron chi connectivity index (χ0n) is 13.4. The number of nitrogens with zero attached hydrogens (tertiary/aromatic N) is 2. The summed E-state index contributed by atoms with van der Waals surface area (Å²) in [6, 6.07) is 6.76. The van der Waals surface area contributed by atoms with E-state index >= 15 is 0 Å². The molecule has 23 heavy (non-hydrogen) atoms. The lowest BCUT2D eigenvalue weighted by Crippen LogP contribution is -2.77. The minimum absolute atomic E-state index is 0.252. The highest BCUT2D eigenvalue weighted by atomic mass is 16.6. The molecule has 0 bridgehead atoms. The highest BCUT2D eigenvalue weighted by Crippen LogP contribution is 2.45. The van der Waals surface area contributed by atoms with E-state index in [-0.39, 0.29) is 6.42 Å². The largest absolute Gasteiger partial charge is 0.497 e. The molecule has 1 atom stereocenters. The number of benzene rings is 1. The van der Waals surface area contributed by atoms with Crippen LogP contribution in [-0.4, -0.2) is 49.4 Å².